The Bertz CT molecular complexity index is 859. The van der Waals surface area contributed by atoms with Gasteiger partial charge in [-0.1, -0.05) is 18.6 Å². The normalized spacial score (nSPS) is 41.8. The Morgan fingerprint density at radius 3 is 2.43 bits per heavy atom. The summed E-state index contributed by atoms with van der Waals surface area (Å²) < 4.78 is 24.2. The van der Waals surface area contributed by atoms with Crippen LogP contribution in [0.15, 0.2) is 11.6 Å². The monoisotopic (exact) mass is 488 g/mol. The van der Waals surface area contributed by atoms with E-state index in [9.17, 15) is 9.59 Å². The fourth-order valence-electron chi connectivity index (χ4n) is 8.95. The van der Waals surface area contributed by atoms with Crippen LogP contribution in [0, 0.1) is 28.6 Å². The molecule has 6 nitrogen and oxygen atoms in total. The molecule has 196 valence electrons. The lowest BCUT2D eigenvalue weighted by atomic mass is 9.47. The van der Waals surface area contributed by atoms with Gasteiger partial charge in [0.1, 0.15) is 12.7 Å². The molecule has 0 radical (unpaired) electrons. The molecule has 0 saturated heterocycles. The summed E-state index contributed by atoms with van der Waals surface area (Å²) in [5.74, 6) is 0.885. The molecule has 6 heteroatoms. The molecule has 0 aromatic rings. The van der Waals surface area contributed by atoms with Crippen LogP contribution >= 0.6 is 0 Å². The molecule has 0 aromatic carbocycles. The molecule has 4 saturated carbocycles. The largest absolute Gasteiger partial charge is 0.465 e. The highest BCUT2D eigenvalue weighted by Crippen LogP contribution is 2.66. The molecule has 0 spiro atoms. The zero-order valence-electron chi connectivity index (χ0n) is 22.1. The third-order valence-electron chi connectivity index (χ3n) is 10.7. The van der Waals surface area contributed by atoms with Crippen molar-refractivity contribution in [1.29, 1.82) is 0 Å². The molecule has 0 heterocycles. The van der Waals surface area contributed by atoms with Crippen molar-refractivity contribution in [2.24, 2.45) is 28.6 Å². The number of esters is 2. The average molecular weight is 489 g/mol. The quantitative estimate of drug-likeness (QED) is 0.270. The van der Waals surface area contributed by atoms with E-state index < -0.39 is 0 Å². The maximum absolute atomic E-state index is 11.9. The van der Waals surface area contributed by atoms with E-state index in [1.54, 1.807) is 0 Å². The highest BCUT2D eigenvalue weighted by Gasteiger charge is 2.61. The van der Waals surface area contributed by atoms with Gasteiger partial charge in [-0.3, -0.25) is 9.59 Å². The first-order valence-electron chi connectivity index (χ1n) is 13.9. The number of rotatable bonds is 6. The van der Waals surface area contributed by atoms with Crippen molar-refractivity contribution in [2.45, 2.75) is 116 Å². The maximum atomic E-state index is 11.9. The Morgan fingerprint density at radius 2 is 1.74 bits per heavy atom. The van der Waals surface area contributed by atoms with Crippen LogP contribution in [-0.4, -0.2) is 43.7 Å². The topological polar surface area (TPSA) is 71.1 Å². The van der Waals surface area contributed by atoms with Crippen LogP contribution in [-0.2, 0) is 28.5 Å². The summed E-state index contributed by atoms with van der Waals surface area (Å²) in [6, 6.07) is 0. The lowest BCUT2D eigenvalue weighted by Crippen LogP contribution is -2.55. The van der Waals surface area contributed by atoms with E-state index in [1.165, 1.54) is 38.7 Å². The van der Waals surface area contributed by atoms with Gasteiger partial charge in [-0.05, 0) is 81.0 Å². The number of fused-ring (bicyclic) bond motifs is 5. The number of carbonyl (C=O) groups excluding carboxylic acids is 2. The first-order valence-corrected chi connectivity index (χ1v) is 13.9. The summed E-state index contributed by atoms with van der Waals surface area (Å²) >= 11 is 0. The molecule has 5 aliphatic carbocycles. The van der Waals surface area contributed by atoms with E-state index in [2.05, 4.69) is 13.0 Å². The van der Waals surface area contributed by atoms with Gasteiger partial charge in [-0.25, -0.2) is 0 Å². The Morgan fingerprint density at radius 1 is 0.971 bits per heavy atom. The third kappa shape index (κ3) is 4.37. The lowest BCUT2D eigenvalue weighted by molar-refractivity contribution is -0.263. The van der Waals surface area contributed by atoms with Crippen molar-refractivity contribution in [3.63, 3.8) is 0 Å². The number of hydrogen-bond donors (Lipinski definition) is 0. The number of hydrogen-bond acceptors (Lipinski definition) is 6. The van der Waals surface area contributed by atoms with Crippen LogP contribution < -0.4 is 0 Å². The molecule has 0 N–H and O–H groups in total. The maximum Gasteiger partial charge on any atom is 0.302 e. The summed E-state index contributed by atoms with van der Waals surface area (Å²) in [5, 5.41) is 0. The van der Waals surface area contributed by atoms with E-state index in [4.69, 9.17) is 18.9 Å². The van der Waals surface area contributed by atoms with Crippen LogP contribution in [0.5, 0.6) is 0 Å². The first kappa shape index (κ1) is 25.3. The van der Waals surface area contributed by atoms with Crippen molar-refractivity contribution in [3.8, 4) is 0 Å². The van der Waals surface area contributed by atoms with E-state index in [0.717, 1.165) is 57.8 Å². The Balaban J connectivity index is 1.39. The minimum atomic E-state index is -0.384. The summed E-state index contributed by atoms with van der Waals surface area (Å²) in [6.07, 6.45) is 15.2. The smallest absolute Gasteiger partial charge is 0.302 e. The molecular formula is C29H44O6. The van der Waals surface area contributed by atoms with Crippen LogP contribution in [0.3, 0.4) is 0 Å². The van der Waals surface area contributed by atoms with E-state index >= 15 is 0 Å². The molecule has 0 aromatic heterocycles. The average Bonchev–Trinajstić information content (AvgIpc) is 3.42. The summed E-state index contributed by atoms with van der Waals surface area (Å²) in [6.45, 7) is 5.93. The second-order valence-electron chi connectivity index (χ2n) is 12.3. The minimum absolute atomic E-state index is 0.0597. The van der Waals surface area contributed by atoms with Crippen LogP contribution in [0.1, 0.15) is 97.8 Å². The van der Waals surface area contributed by atoms with Crippen LogP contribution in [0.25, 0.3) is 0 Å². The van der Waals surface area contributed by atoms with E-state index in [0.29, 0.717) is 24.4 Å². The lowest BCUT2D eigenvalue weighted by Gasteiger charge is -2.58. The number of carbonyl (C=O) groups is 2. The standard InChI is InChI=1S/C29H44O6/c1-19(30)33-18-28-16-11-22(34-20(2)31)17-21(28)7-8-23-24-9-10-26(27(24,3)15-12-25(23)28)35-29(32-4)13-5-6-14-29/h7,22-26H,5-6,8-18H2,1-4H3/t22-,23-,24-,25-,26?,27-,28+/m0/s1. The van der Waals surface area contributed by atoms with Crippen molar-refractivity contribution in [3.05, 3.63) is 11.6 Å². The second-order valence-corrected chi connectivity index (χ2v) is 12.3. The Hall–Kier alpha value is -1.40. The van der Waals surface area contributed by atoms with Crippen LogP contribution in [0.4, 0.5) is 0 Å². The highest BCUT2D eigenvalue weighted by molar-refractivity contribution is 5.66. The predicted molar refractivity (Wildman–Crippen MR) is 131 cm³/mol. The van der Waals surface area contributed by atoms with E-state index in [-0.39, 0.29) is 40.8 Å². The highest BCUT2D eigenvalue weighted by atomic mass is 16.7. The van der Waals surface area contributed by atoms with Crippen LogP contribution in [0.2, 0.25) is 0 Å². The zero-order chi connectivity index (χ0) is 24.8. The molecule has 1 unspecified atom stereocenters. The van der Waals surface area contributed by atoms with Gasteiger partial charge in [0, 0.05) is 45.6 Å². The third-order valence-corrected chi connectivity index (χ3v) is 10.7. The number of methoxy groups -OCH3 is 1. The molecule has 4 fully saturated rings. The van der Waals surface area contributed by atoms with Crippen molar-refractivity contribution < 1.29 is 28.5 Å². The molecule has 35 heavy (non-hydrogen) atoms. The fraction of sp³-hybridized carbons (Fsp3) is 0.862. The molecular weight excluding hydrogens is 444 g/mol. The number of allylic oxidation sites excluding steroid dienone is 1. The van der Waals surface area contributed by atoms with Gasteiger partial charge in [-0.15, -0.1) is 0 Å². The SMILES string of the molecule is COC1(OC2CC[C@H]3[C@@H]4CC=C5C[C@@H](OC(C)=O)CC[C@]5(COC(C)=O)[C@H]4CC[C@]23C)CCCC1. The number of ether oxygens (including phenoxy) is 4. The van der Waals surface area contributed by atoms with Gasteiger partial charge in [0.2, 0.25) is 0 Å². The summed E-state index contributed by atoms with van der Waals surface area (Å²) in [4.78, 5) is 23.5. The summed E-state index contributed by atoms with van der Waals surface area (Å²) in [5.41, 5.74) is 1.40. The van der Waals surface area contributed by atoms with Gasteiger partial charge >= 0.3 is 11.9 Å². The Kier molecular flexibility index (Phi) is 6.84. The Labute approximate surface area is 210 Å². The van der Waals surface area contributed by atoms with Crippen molar-refractivity contribution in [1.82, 2.24) is 0 Å². The van der Waals surface area contributed by atoms with Gasteiger partial charge in [0.25, 0.3) is 0 Å². The van der Waals surface area contributed by atoms with Gasteiger partial charge in [0.15, 0.2) is 5.79 Å². The molecule has 0 amide bonds. The predicted octanol–water partition coefficient (Wildman–Crippen LogP) is 5.73. The fourth-order valence-corrected chi connectivity index (χ4v) is 8.95. The van der Waals surface area contributed by atoms with Gasteiger partial charge in [0.05, 0.1) is 6.10 Å². The molecule has 5 rings (SSSR count). The molecule has 0 bridgehead atoms. The zero-order valence-corrected chi connectivity index (χ0v) is 22.1. The molecule has 0 aliphatic heterocycles. The van der Waals surface area contributed by atoms with Crippen molar-refractivity contribution in [2.75, 3.05) is 13.7 Å². The van der Waals surface area contributed by atoms with Crippen molar-refractivity contribution >= 4 is 11.9 Å². The molecule has 5 aliphatic rings. The second kappa shape index (κ2) is 9.48. The molecule has 7 atom stereocenters. The first-order chi connectivity index (χ1) is 16.7. The van der Waals surface area contributed by atoms with E-state index in [1.807, 2.05) is 7.11 Å². The summed E-state index contributed by atoms with van der Waals surface area (Å²) in [7, 11) is 1.81. The van der Waals surface area contributed by atoms with Gasteiger partial charge in [-0.2, -0.15) is 0 Å². The minimum Gasteiger partial charge on any atom is -0.465 e. The van der Waals surface area contributed by atoms with Gasteiger partial charge < -0.3 is 18.9 Å².